The zero-order valence-corrected chi connectivity index (χ0v) is 10.0. The Morgan fingerprint density at radius 3 is 2.11 bits per heavy atom. The van der Waals surface area contributed by atoms with Crippen LogP contribution in [0.25, 0.3) is 0 Å². The zero-order valence-electron chi connectivity index (χ0n) is 10.0. The van der Waals surface area contributed by atoms with Crippen molar-refractivity contribution in [3.63, 3.8) is 0 Å². The van der Waals surface area contributed by atoms with Gasteiger partial charge in [-0.15, -0.1) is 0 Å². The van der Waals surface area contributed by atoms with E-state index in [1.807, 2.05) is 0 Å². The third kappa shape index (κ3) is 2.45. The highest BCUT2D eigenvalue weighted by atomic mass is 19.1. The zero-order chi connectivity index (χ0) is 14.0. The first kappa shape index (κ1) is 13.1. The Labute approximate surface area is 108 Å². The highest BCUT2D eigenvalue weighted by Gasteiger charge is 2.18. The third-order valence-electron chi connectivity index (χ3n) is 2.72. The van der Waals surface area contributed by atoms with Gasteiger partial charge < -0.3 is 4.90 Å². The van der Waals surface area contributed by atoms with Crippen molar-refractivity contribution >= 4 is 17.7 Å². The van der Waals surface area contributed by atoms with Crippen LogP contribution in [0, 0.1) is 17.5 Å². The Morgan fingerprint density at radius 1 is 1.00 bits per heavy atom. The van der Waals surface area contributed by atoms with Gasteiger partial charge in [-0.2, -0.15) is 0 Å². The van der Waals surface area contributed by atoms with E-state index in [2.05, 4.69) is 0 Å². The second-order valence-corrected chi connectivity index (χ2v) is 3.96. The smallest absolute Gasteiger partial charge is 0.150 e. The van der Waals surface area contributed by atoms with Crippen molar-refractivity contribution < 1.29 is 18.0 Å². The first-order chi connectivity index (χ1) is 9.04. The van der Waals surface area contributed by atoms with E-state index in [1.165, 1.54) is 25.2 Å². The summed E-state index contributed by atoms with van der Waals surface area (Å²) < 4.78 is 41.2. The highest BCUT2D eigenvalue weighted by molar-refractivity contribution is 5.77. The Bertz CT molecular complexity index is 605. The second-order valence-electron chi connectivity index (χ2n) is 3.96. The minimum Gasteiger partial charge on any atom is -0.337 e. The number of aldehydes is 1. The summed E-state index contributed by atoms with van der Waals surface area (Å²) in [6, 6.07) is 7.45. The van der Waals surface area contributed by atoms with Gasteiger partial charge in [0, 0.05) is 12.6 Å². The highest BCUT2D eigenvalue weighted by Crippen LogP contribution is 2.31. The molecule has 0 bridgehead atoms. The van der Waals surface area contributed by atoms with Crippen LogP contribution in [0.1, 0.15) is 10.4 Å². The molecule has 0 radical (unpaired) electrons. The maximum atomic E-state index is 13.8. The largest absolute Gasteiger partial charge is 0.337 e. The molecule has 0 unspecified atom stereocenters. The van der Waals surface area contributed by atoms with Crippen LogP contribution in [-0.4, -0.2) is 13.3 Å². The number of carbonyl (C=O) groups excluding carboxylic acids is 1. The van der Waals surface area contributed by atoms with E-state index in [1.54, 1.807) is 6.07 Å². The van der Waals surface area contributed by atoms with Crippen molar-refractivity contribution in [2.75, 3.05) is 11.9 Å². The van der Waals surface area contributed by atoms with Gasteiger partial charge in [0.15, 0.2) is 11.6 Å². The third-order valence-corrected chi connectivity index (χ3v) is 2.72. The Morgan fingerprint density at radius 2 is 1.58 bits per heavy atom. The van der Waals surface area contributed by atoms with Crippen molar-refractivity contribution in [3.8, 4) is 0 Å². The summed E-state index contributed by atoms with van der Waals surface area (Å²) in [5, 5.41) is 0. The van der Waals surface area contributed by atoms with E-state index in [9.17, 15) is 18.0 Å². The Kier molecular flexibility index (Phi) is 3.55. The van der Waals surface area contributed by atoms with Gasteiger partial charge >= 0.3 is 0 Å². The Hall–Kier alpha value is -2.30. The number of rotatable bonds is 3. The molecule has 2 aromatic rings. The molecule has 0 heterocycles. The SMILES string of the molecule is CN(c1ccccc1F)c1c(F)cc(C=O)cc1F. The molecule has 19 heavy (non-hydrogen) atoms. The van der Waals surface area contributed by atoms with Crippen LogP contribution in [-0.2, 0) is 0 Å². The minimum absolute atomic E-state index is 0.0409. The van der Waals surface area contributed by atoms with Gasteiger partial charge in [-0.3, -0.25) is 4.79 Å². The molecule has 2 nitrogen and oxygen atoms in total. The van der Waals surface area contributed by atoms with Crippen molar-refractivity contribution in [3.05, 3.63) is 59.4 Å². The van der Waals surface area contributed by atoms with Gasteiger partial charge in [-0.25, -0.2) is 13.2 Å². The molecule has 0 amide bonds. The molecular formula is C14H10F3NO. The van der Waals surface area contributed by atoms with Gasteiger partial charge in [0.05, 0.1) is 5.69 Å². The number of benzene rings is 2. The molecule has 0 saturated heterocycles. The summed E-state index contributed by atoms with van der Waals surface area (Å²) in [4.78, 5) is 11.6. The minimum atomic E-state index is -0.923. The predicted molar refractivity (Wildman–Crippen MR) is 66.2 cm³/mol. The van der Waals surface area contributed by atoms with Crippen LogP contribution < -0.4 is 4.90 Å². The molecule has 0 aliphatic rings. The van der Waals surface area contributed by atoms with Gasteiger partial charge in [-0.05, 0) is 24.3 Å². The van der Waals surface area contributed by atoms with Crippen molar-refractivity contribution in [2.24, 2.45) is 0 Å². The van der Waals surface area contributed by atoms with Crippen LogP contribution in [0.4, 0.5) is 24.5 Å². The molecule has 0 saturated carbocycles. The first-order valence-corrected chi connectivity index (χ1v) is 5.47. The van der Waals surface area contributed by atoms with E-state index >= 15 is 0 Å². The van der Waals surface area contributed by atoms with Gasteiger partial charge in [-0.1, -0.05) is 12.1 Å². The summed E-state index contributed by atoms with van der Waals surface area (Å²) in [7, 11) is 1.35. The van der Waals surface area contributed by atoms with E-state index in [-0.39, 0.29) is 11.3 Å². The predicted octanol–water partition coefficient (Wildman–Crippen LogP) is 3.68. The van der Waals surface area contributed by atoms with Gasteiger partial charge in [0.25, 0.3) is 0 Å². The topological polar surface area (TPSA) is 20.3 Å². The number of nitrogens with zero attached hydrogens (tertiary/aromatic N) is 1. The number of hydrogen-bond donors (Lipinski definition) is 0. The first-order valence-electron chi connectivity index (χ1n) is 5.47. The fraction of sp³-hybridized carbons (Fsp3) is 0.0714. The van der Waals surface area contributed by atoms with Crippen molar-refractivity contribution in [2.45, 2.75) is 0 Å². The molecule has 0 aromatic heterocycles. The maximum absolute atomic E-state index is 13.8. The molecule has 0 aliphatic heterocycles. The second kappa shape index (κ2) is 5.14. The molecule has 0 N–H and O–H groups in total. The van der Waals surface area contributed by atoms with Crippen molar-refractivity contribution in [1.29, 1.82) is 0 Å². The molecule has 5 heteroatoms. The van der Waals surface area contributed by atoms with Gasteiger partial charge in [0.1, 0.15) is 17.8 Å². The lowest BCUT2D eigenvalue weighted by molar-refractivity contribution is 0.112. The molecule has 98 valence electrons. The summed E-state index contributed by atoms with van der Waals surface area (Å²) in [6.07, 6.45) is 0.346. The number of hydrogen-bond acceptors (Lipinski definition) is 2. The van der Waals surface area contributed by atoms with Crippen molar-refractivity contribution in [1.82, 2.24) is 0 Å². The summed E-state index contributed by atoms with van der Waals surface area (Å²) in [5.41, 5.74) is -0.476. The average molecular weight is 265 g/mol. The lowest BCUT2D eigenvalue weighted by Gasteiger charge is -2.21. The van der Waals surface area contributed by atoms with Gasteiger partial charge in [0.2, 0.25) is 0 Å². The Balaban J connectivity index is 2.53. The maximum Gasteiger partial charge on any atom is 0.150 e. The molecule has 0 atom stereocenters. The molecule has 2 rings (SSSR count). The molecular weight excluding hydrogens is 255 g/mol. The fourth-order valence-corrected chi connectivity index (χ4v) is 1.82. The van der Waals surface area contributed by atoms with Crippen LogP contribution in [0.5, 0.6) is 0 Å². The molecule has 0 fully saturated rings. The number of anilines is 2. The normalized spacial score (nSPS) is 10.3. The van der Waals surface area contributed by atoms with Crippen LogP contribution in [0.2, 0.25) is 0 Å². The van der Waals surface area contributed by atoms with Crippen LogP contribution in [0.15, 0.2) is 36.4 Å². The molecule has 0 aliphatic carbocycles. The molecule has 2 aromatic carbocycles. The fourth-order valence-electron chi connectivity index (χ4n) is 1.82. The van der Waals surface area contributed by atoms with Crippen LogP contribution >= 0.6 is 0 Å². The van der Waals surface area contributed by atoms with E-state index < -0.39 is 23.1 Å². The monoisotopic (exact) mass is 265 g/mol. The van der Waals surface area contributed by atoms with E-state index in [0.29, 0.717) is 6.29 Å². The number of para-hydroxylation sites is 1. The summed E-state index contributed by atoms with van der Waals surface area (Å²) in [6.45, 7) is 0. The van der Waals surface area contributed by atoms with E-state index in [0.717, 1.165) is 17.0 Å². The van der Waals surface area contributed by atoms with Crippen LogP contribution in [0.3, 0.4) is 0 Å². The van der Waals surface area contributed by atoms with E-state index in [4.69, 9.17) is 0 Å². The lowest BCUT2D eigenvalue weighted by Crippen LogP contribution is -2.15. The standard InChI is InChI=1S/C14H10F3NO/c1-18(13-5-3-2-4-10(13)15)14-11(16)6-9(8-19)7-12(14)17/h2-8H,1H3. The summed E-state index contributed by atoms with van der Waals surface area (Å²) in [5.74, 6) is -2.44. The summed E-state index contributed by atoms with van der Waals surface area (Å²) >= 11 is 0. The lowest BCUT2D eigenvalue weighted by atomic mass is 10.1. The number of carbonyl (C=O) groups is 1. The average Bonchev–Trinajstić information content (AvgIpc) is 2.38. The molecule has 0 spiro atoms. The quantitative estimate of drug-likeness (QED) is 0.789. The number of halogens is 3.